The van der Waals surface area contributed by atoms with Crippen LogP contribution in [0.15, 0.2) is 42.5 Å². The number of aryl methyl sites for hydroxylation is 2. The normalized spacial score (nSPS) is 17.9. The minimum Gasteiger partial charge on any atom is -0.490 e. The number of nitrogens with zero attached hydrogens (tertiary/aromatic N) is 3. The second-order valence-electron chi connectivity index (χ2n) is 9.83. The second-order valence-corrected chi connectivity index (χ2v) is 9.83. The molecule has 0 unspecified atom stereocenters. The van der Waals surface area contributed by atoms with Crippen molar-refractivity contribution in [2.45, 2.75) is 65.1 Å². The van der Waals surface area contributed by atoms with E-state index in [4.69, 9.17) is 9.72 Å². The third-order valence-corrected chi connectivity index (χ3v) is 6.21. The van der Waals surface area contributed by atoms with Crippen molar-refractivity contribution in [1.29, 1.82) is 0 Å². The molecular weight excluding hydrogens is 402 g/mol. The molecule has 6 heteroatoms. The average molecular weight is 436 g/mol. The maximum absolute atomic E-state index is 12.7. The Kier molecular flexibility index (Phi) is 5.99. The zero-order valence-electron chi connectivity index (χ0n) is 19.6. The van der Waals surface area contributed by atoms with Crippen molar-refractivity contribution in [2.24, 2.45) is 0 Å². The molecule has 1 aromatic heterocycles. The second kappa shape index (κ2) is 8.58. The fourth-order valence-corrected chi connectivity index (χ4v) is 4.60. The zero-order valence-corrected chi connectivity index (χ0v) is 19.6. The van der Waals surface area contributed by atoms with Gasteiger partial charge in [0.1, 0.15) is 24.3 Å². The molecule has 2 aromatic carbocycles. The van der Waals surface area contributed by atoms with Crippen LogP contribution in [0.4, 0.5) is 0 Å². The van der Waals surface area contributed by atoms with Crippen LogP contribution in [0.25, 0.3) is 11.0 Å². The molecule has 0 aliphatic carbocycles. The van der Waals surface area contributed by atoms with Crippen molar-refractivity contribution in [2.75, 3.05) is 13.2 Å². The number of aliphatic hydroxyl groups is 1. The maximum atomic E-state index is 12.7. The third kappa shape index (κ3) is 4.37. The van der Waals surface area contributed by atoms with Crippen LogP contribution in [0.1, 0.15) is 50.1 Å². The van der Waals surface area contributed by atoms with Crippen molar-refractivity contribution in [1.82, 2.24) is 14.5 Å². The summed E-state index contributed by atoms with van der Waals surface area (Å²) >= 11 is 0. The Morgan fingerprint density at radius 3 is 2.47 bits per heavy atom. The molecule has 1 amide bonds. The number of hydrogen-bond acceptors (Lipinski definition) is 4. The molecular formula is C26H33N3O3. The van der Waals surface area contributed by atoms with Gasteiger partial charge in [0, 0.05) is 24.4 Å². The molecule has 1 N–H and O–H groups in total. The summed E-state index contributed by atoms with van der Waals surface area (Å²) in [5, 5.41) is 10.9. The van der Waals surface area contributed by atoms with Crippen molar-refractivity contribution in [3.63, 3.8) is 0 Å². The molecule has 1 aliphatic heterocycles. The van der Waals surface area contributed by atoms with E-state index in [1.54, 1.807) is 0 Å². The smallest absolute Gasteiger partial charge is 0.223 e. The predicted octanol–water partition coefficient (Wildman–Crippen LogP) is 4.21. The highest BCUT2D eigenvalue weighted by Crippen LogP contribution is 2.34. The van der Waals surface area contributed by atoms with Gasteiger partial charge in [-0.15, -0.1) is 0 Å². The summed E-state index contributed by atoms with van der Waals surface area (Å²) in [6.07, 6.45) is -0.267. The highest BCUT2D eigenvalue weighted by Gasteiger charge is 2.39. The number of carbonyl (C=O) groups is 1. The quantitative estimate of drug-likeness (QED) is 0.630. The van der Waals surface area contributed by atoms with Crippen LogP contribution in [0.5, 0.6) is 5.75 Å². The van der Waals surface area contributed by atoms with Crippen LogP contribution in [0.2, 0.25) is 0 Å². The number of rotatable bonds is 6. The maximum Gasteiger partial charge on any atom is 0.223 e. The number of amides is 1. The Hall–Kier alpha value is -2.86. The summed E-state index contributed by atoms with van der Waals surface area (Å²) in [4.78, 5) is 19.5. The molecule has 3 aromatic rings. The lowest BCUT2D eigenvalue weighted by molar-refractivity contribution is -0.131. The summed E-state index contributed by atoms with van der Waals surface area (Å²) < 4.78 is 8.06. The number of likely N-dealkylation sites (tertiary alicyclic amines) is 1. The first-order chi connectivity index (χ1) is 15.1. The average Bonchev–Trinajstić information content (AvgIpc) is 3.28. The molecule has 170 valence electrons. The van der Waals surface area contributed by atoms with Gasteiger partial charge in [0.2, 0.25) is 5.91 Å². The first-order valence-corrected chi connectivity index (χ1v) is 11.3. The number of ether oxygens (including phenoxy) is 1. The van der Waals surface area contributed by atoms with E-state index < -0.39 is 6.10 Å². The fourth-order valence-electron chi connectivity index (χ4n) is 4.60. The number of imidazole rings is 1. The lowest BCUT2D eigenvalue weighted by atomic mass is 10.1. The molecule has 0 spiro atoms. The summed E-state index contributed by atoms with van der Waals surface area (Å²) in [7, 11) is 0. The number of aliphatic hydroxyl groups excluding tert-OH is 1. The number of carbonyl (C=O) groups excluding carboxylic acids is 1. The van der Waals surface area contributed by atoms with E-state index in [0.717, 1.165) is 33.7 Å². The van der Waals surface area contributed by atoms with Gasteiger partial charge in [-0.25, -0.2) is 4.98 Å². The summed E-state index contributed by atoms with van der Waals surface area (Å²) in [5.41, 5.74) is 3.74. The number of hydrogen-bond donors (Lipinski definition) is 1. The van der Waals surface area contributed by atoms with Crippen molar-refractivity contribution in [3.05, 3.63) is 59.4 Å². The van der Waals surface area contributed by atoms with E-state index in [1.807, 2.05) is 61.2 Å². The van der Waals surface area contributed by atoms with E-state index >= 15 is 0 Å². The molecule has 2 atom stereocenters. The number of para-hydroxylation sites is 3. The molecule has 2 heterocycles. The molecule has 4 rings (SSSR count). The lowest BCUT2D eigenvalue weighted by Gasteiger charge is -2.32. The molecule has 0 saturated carbocycles. The van der Waals surface area contributed by atoms with Crippen LogP contribution in [0, 0.1) is 13.8 Å². The molecule has 0 bridgehead atoms. The van der Waals surface area contributed by atoms with Crippen molar-refractivity contribution in [3.8, 4) is 5.75 Å². The third-order valence-electron chi connectivity index (χ3n) is 6.21. The van der Waals surface area contributed by atoms with Gasteiger partial charge in [0.15, 0.2) is 0 Å². The minimum atomic E-state index is -0.707. The van der Waals surface area contributed by atoms with Crippen molar-refractivity contribution >= 4 is 16.9 Å². The van der Waals surface area contributed by atoms with Crippen LogP contribution in [-0.4, -0.2) is 50.3 Å². The van der Waals surface area contributed by atoms with Crippen LogP contribution >= 0.6 is 0 Å². The largest absolute Gasteiger partial charge is 0.490 e. The van der Waals surface area contributed by atoms with Gasteiger partial charge < -0.3 is 19.3 Å². The van der Waals surface area contributed by atoms with Crippen LogP contribution < -0.4 is 4.74 Å². The highest BCUT2D eigenvalue weighted by atomic mass is 16.5. The van der Waals surface area contributed by atoms with E-state index in [2.05, 4.69) is 25.3 Å². The first kappa shape index (κ1) is 22.3. The summed E-state index contributed by atoms with van der Waals surface area (Å²) in [6.45, 7) is 11.4. The topological polar surface area (TPSA) is 67.6 Å². The number of aromatic nitrogens is 2. The van der Waals surface area contributed by atoms with Crippen LogP contribution in [0.3, 0.4) is 0 Å². The first-order valence-electron chi connectivity index (χ1n) is 11.3. The molecule has 1 saturated heterocycles. The van der Waals surface area contributed by atoms with Gasteiger partial charge in [-0.3, -0.25) is 4.79 Å². The number of fused-ring (bicyclic) bond motifs is 1. The number of benzene rings is 2. The monoisotopic (exact) mass is 435 g/mol. The molecule has 32 heavy (non-hydrogen) atoms. The Labute approximate surface area is 189 Å². The van der Waals surface area contributed by atoms with Crippen LogP contribution in [-0.2, 0) is 11.3 Å². The van der Waals surface area contributed by atoms with E-state index in [1.165, 1.54) is 0 Å². The van der Waals surface area contributed by atoms with E-state index in [9.17, 15) is 9.90 Å². The Morgan fingerprint density at radius 1 is 1.12 bits per heavy atom. The Bertz CT molecular complexity index is 1110. The zero-order chi connectivity index (χ0) is 23.0. The molecule has 1 fully saturated rings. The van der Waals surface area contributed by atoms with Gasteiger partial charge in [-0.1, -0.05) is 30.3 Å². The molecule has 6 nitrogen and oxygen atoms in total. The van der Waals surface area contributed by atoms with Gasteiger partial charge in [-0.05, 0) is 57.9 Å². The highest BCUT2D eigenvalue weighted by molar-refractivity contribution is 5.81. The van der Waals surface area contributed by atoms with E-state index in [-0.39, 0.29) is 24.0 Å². The fraction of sp³-hybridized carbons (Fsp3) is 0.462. The SMILES string of the molecule is Cc1cccc(C)c1OC[C@@H](O)Cn1c([C@@H]2CC(=O)N(C(C)(C)C)C2)nc2ccccc21. The minimum absolute atomic E-state index is 0.000792. The van der Waals surface area contributed by atoms with Gasteiger partial charge in [0.05, 0.1) is 17.6 Å². The predicted molar refractivity (Wildman–Crippen MR) is 126 cm³/mol. The molecule has 1 aliphatic rings. The van der Waals surface area contributed by atoms with E-state index in [0.29, 0.717) is 19.5 Å². The summed E-state index contributed by atoms with van der Waals surface area (Å²) in [6, 6.07) is 14.0. The molecule has 0 radical (unpaired) electrons. The van der Waals surface area contributed by atoms with Gasteiger partial charge in [0.25, 0.3) is 0 Å². The van der Waals surface area contributed by atoms with Gasteiger partial charge >= 0.3 is 0 Å². The standard InChI is InChI=1S/C26H33N3O3/c1-17-9-8-10-18(2)24(17)32-16-20(30)15-28-22-12-7-6-11-21(22)27-25(28)19-13-23(31)29(14-19)26(3,4)5/h6-12,19-20,30H,13-16H2,1-5H3/t19-,20+/m1/s1. The van der Waals surface area contributed by atoms with Gasteiger partial charge in [-0.2, -0.15) is 0 Å². The van der Waals surface area contributed by atoms with Crippen molar-refractivity contribution < 1.29 is 14.6 Å². The lowest BCUT2D eigenvalue weighted by Crippen LogP contribution is -2.42. The Morgan fingerprint density at radius 2 is 1.81 bits per heavy atom. The Balaban J connectivity index is 1.58. The summed E-state index contributed by atoms with van der Waals surface area (Å²) in [5.74, 6) is 1.84.